The van der Waals surface area contributed by atoms with E-state index in [9.17, 15) is 18.4 Å². The molecule has 3 rings (SSSR count). The van der Waals surface area contributed by atoms with E-state index in [1.54, 1.807) is 29.2 Å². The van der Waals surface area contributed by atoms with Crippen molar-refractivity contribution in [2.75, 3.05) is 23.3 Å². The number of benzene rings is 2. The average molecular weight is 331 g/mol. The van der Waals surface area contributed by atoms with Crippen molar-refractivity contribution in [3.05, 3.63) is 59.7 Å². The van der Waals surface area contributed by atoms with Gasteiger partial charge in [-0.3, -0.25) is 9.69 Å². The molecule has 0 bridgehead atoms. The Hall–Kier alpha value is -2.96. The van der Waals surface area contributed by atoms with Gasteiger partial charge < -0.3 is 10.6 Å². The van der Waals surface area contributed by atoms with Crippen LogP contribution < -0.4 is 15.5 Å². The van der Waals surface area contributed by atoms with Gasteiger partial charge in [-0.25, -0.2) is 13.6 Å². The van der Waals surface area contributed by atoms with Crippen LogP contribution in [0.3, 0.4) is 0 Å². The summed E-state index contributed by atoms with van der Waals surface area (Å²) in [5.74, 6) is -2.62. The molecule has 1 aliphatic heterocycles. The van der Waals surface area contributed by atoms with Gasteiger partial charge in [0, 0.05) is 30.0 Å². The number of urea groups is 1. The van der Waals surface area contributed by atoms with Crippen LogP contribution in [0.15, 0.2) is 42.5 Å². The first kappa shape index (κ1) is 15.9. The summed E-state index contributed by atoms with van der Waals surface area (Å²) in [6.07, 6.45) is 0.861. The monoisotopic (exact) mass is 331 g/mol. The Labute approximate surface area is 137 Å². The second kappa shape index (κ2) is 6.66. The number of nitrogens with one attached hydrogen (secondary N) is 2. The lowest BCUT2D eigenvalue weighted by atomic mass is 10.2. The van der Waals surface area contributed by atoms with Crippen molar-refractivity contribution in [2.45, 2.75) is 6.42 Å². The highest BCUT2D eigenvalue weighted by atomic mass is 19.2. The van der Waals surface area contributed by atoms with Gasteiger partial charge >= 0.3 is 6.03 Å². The molecule has 0 spiro atoms. The zero-order valence-corrected chi connectivity index (χ0v) is 12.7. The summed E-state index contributed by atoms with van der Waals surface area (Å²) < 4.78 is 26.1. The fraction of sp³-hybridized carbons (Fsp3) is 0.176. The molecule has 3 amide bonds. The first-order valence-electron chi connectivity index (χ1n) is 7.46. The van der Waals surface area contributed by atoms with E-state index in [0.29, 0.717) is 18.8 Å². The second-order valence-electron chi connectivity index (χ2n) is 5.37. The Morgan fingerprint density at radius 1 is 1.08 bits per heavy atom. The van der Waals surface area contributed by atoms with Crippen molar-refractivity contribution in [3.63, 3.8) is 0 Å². The first-order valence-corrected chi connectivity index (χ1v) is 7.46. The van der Waals surface area contributed by atoms with E-state index < -0.39 is 17.5 Å². The molecule has 2 aromatic rings. The van der Waals surface area contributed by atoms with E-state index in [0.717, 1.165) is 24.2 Å². The molecule has 0 atom stereocenters. The standard InChI is InChI=1S/C17H15F2N3O2/c18-14-7-2-11(10-15(14)19)16(23)21-12-3-5-13(6-4-12)22-9-1-8-20-17(22)24/h2-7,10H,1,8-9H2,(H,20,24)(H,21,23). The van der Waals surface area contributed by atoms with Crippen LogP contribution in [0.4, 0.5) is 25.0 Å². The highest BCUT2D eigenvalue weighted by Crippen LogP contribution is 2.20. The van der Waals surface area contributed by atoms with Gasteiger partial charge in [-0.1, -0.05) is 0 Å². The Bertz CT molecular complexity index is 778. The van der Waals surface area contributed by atoms with Gasteiger partial charge in [0.1, 0.15) is 0 Å². The fourth-order valence-electron chi connectivity index (χ4n) is 2.44. The maximum atomic E-state index is 13.2. The van der Waals surface area contributed by atoms with Crippen LogP contribution in [0.2, 0.25) is 0 Å². The molecule has 1 fully saturated rings. The number of nitrogens with zero attached hydrogens (tertiary/aromatic N) is 1. The van der Waals surface area contributed by atoms with Crippen molar-refractivity contribution < 1.29 is 18.4 Å². The van der Waals surface area contributed by atoms with Crippen LogP contribution in [-0.4, -0.2) is 25.0 Å². The summed E-state index contributed by atoms with van der Waals surface area (Å²) >= 11 is 0. The maximum absolute atomic E-state index is 13.2. The quantitative estimate of drug-likeness (QED) is 0.908. The van der Waals surface area contributed by atoms with Gasteiger partial charge in [0.15, 0.2) is 11.6 Å². The van der Waals surface area contributed by atoms with Gasteiger partial charge in [-0.15, -0.1) is 0 Å². The minimum Gasteiger partial charge on any atom is -0.338 e. The number of anilines is 2. The number of carbonyl (C=O) groups is 2. The van der Waals surface area contributed by atoms with Gasteiger partial charge in [0.2, 0.25) is 0 Å². The third-order valence-corrected chi connectivity index (χ3v) is 3.70. The molecule has 1 saturated heterocycles. The van der Waals surface area contributed by atoms with Gasteiger partial charge in [0.25, 0.3) is 5.91 Å². The van der Waals surface area contributed by atoms with Crippen LogP contribution in [0, 0.1) is 11.6 Å². The Morgan fingerprint density at radius 2 is 1.83 bits per heavy atom. The Balaban J connectivity index is 1.70. The molecule has 124 valence electrons. The van der Waals surface area contributed by atoms with Crippen LogP contribution >= 0.6 is 0 Å². The fourth-order valence-corrected chi connectivity index (χ4v) is 2.44. The largest absolute Gasteiger partial charge is 0.338 e. The average Bonchev–Trinajstić information content (AvgIpc) is 2.58. The van der Waals surface area contributed by atoms with Crippen molar-refractivity contribution in [1.29, 1.82) is 0 Å². The molecule has 0 aromatic heterocycles. The lowest BCUT2D eigenvalue weighted by molar-refractivity contribution is 0.102. The van der Waals surface area contributed by atoms with Crippen LogP contribution in [-0.2, 0) is 0 Å². The van der Waals surface area contributed by atoms with E-state index in [4.69, 9.17) is 0 Å². The molecule has 2 aromatic carbocycles. The maximum Gasteiger partial charge on any atom is 0.321 e. The smallest absolute Gasteiger partial charge is 0.321 e. The topological polar surface area (TPSA) is 61.4 Å². The van der Waals surface area contributed by atoms with E-state index in [1.165, 1.54) is 6.07 Å². The van der Waals surface area contributed by atoms with Crippen molar-refractivity contribution in [2.24, 2.45) is 0 Å². The van der Waals surface area contributed by atoms with E-state index in [-0.39, 0.29) is 11.6 Å². The van der Waals surface area contributed by atoms with Crippen molar-refractivity contribution >= 4 is 23.3 Å². The lowest BCUT2D eigenvalue weighted by Gasteiger charge is -2.27. The van der Waals surface area contributed by atoms with E-state index in [2.05, 4.69) is 10.6 Å². The van der Waals surface area contributed by atoms with Gasteiger partial charge in [-0.05, 0) is 48.9 Å². The summed E-state index contributed by atoms with van der Waals surface area (Å²) in [5.41, 5.74) is 1.23. The van der Waals surface area contributed by atoms with Crippen molar-refractivity contribution in [3.8, 4) is 0 Å². The van der Waals surface area contributed by atoms with Crippen molar-refractivity contribution in [1.82, 2.24) is 5.32 Å². The highest BCUT2D eigenvalue weighted by molar-refractivity contribution is 6.04. The predicted molar refractivity (Wildman–Crippen MR) is 86.1 cm³/mol. The zero-order valence-electron chi connectivity index (χ0n) is 12.7. The normalized spacial score (nSPS) is 14.2. The number of rotatable bonds is 3. The Kier molecular flexibility index (Phi) is 4.41. The summed E-state index contributed by atoms with van der Waals surface area (Å²) in [5, 5.41) is 5.36. The third kappa shape index (κ3) is 3.34. The number of carbonyl (C=O) groups excluding carboxylic acids is 2. The summed E-state index contributed by atoms with van der Waals surface area (Å²) in [7, 11) is 0. The SMILES string of the molecule is O=C(Nc1ccc(N2CCCNC2=O)cc1)c1ccc(F)c(F)c1. The molecular formula is C17H15F2N3O2. The molecule has 2 N–H and O–H groups in total. The number of amides is 3. The molecular weight excluding hydrogens is 316 g/mol. The van der Waals surface area contributed by atoms with E-state index >= 15 is 0 Å². The molecule has 0 radical (unpaired) electrons. The Morgan fingerprint density at radius 3 is 2.50 bits per heavy atom. The predicted octanol–water partition coefficient (Wildman–Crippen LogP) is 3.14. The summed E-state index contributed by atoms with van der Waals surface area (Å²) in [6, 6.07) is 9.53. The van der Waals surface area contributed by atoms with Crippen LogP contribution in [0.25, 0.3) is 0 Å². The third-order valence-electron chi connectivity index (χ3n) is 3.70. The summed E-state index contributed by atoms with van der Waals surface area (Å²) in [4.78, 5) is 25.4. The van der Waals surface area contributed by atoms with E-state index in [1.807, 2.05) is 0 Å². The number of hydrogen-bond donors (Lipinski definition) is 2. The molecule has 7 heteroatoms. The van der Waals surface area contributed by atoms with Gasteiger partial charge in [0.05, 0.1) is 0 Å². The molecule has 0 aliphatic carbocycles. The van der Waals surface area contributed by atoms with Crippen LogP contribution in [0.5, 0.6) is 0 Å². The number of halogens is 2. The minimum atomic E-state index is -1.07. The zero-order chi connectivity index (χ0) is 17.1. The minimum absolute atomic E-state index is 0.0217. The summed E-state index contributed by atoms with van der Waals surface area (Å²) in [6.45, 7) is 1.30. The first-order chi connectivity index (χ1) is 11.5. The van der Waals surface area contributed by atoms with Crippen LogP contribution in [0.1, 0.15) is 16.8 Å². The molecule has 1 aliphatic rings. The highest BCUT2D eigenvalue weighted by Gasteiger charge is 2.19. The molecule has 1 heterocycles. The second-order valence-corrected chi connectivity index (χ2v) is 5.37. The number of hydrogen-bond acceptors (Lipinski definition) is 2. The molecule has 24 heavy (non-hydrogen) atoms. The van der Waals surface area contributed by atoms with Gasteiger partial charge in [-0.2, -0.15) is 0 Å². The lowest BCUT2D eigenvalue weighted by Crippen LogP contribution is -2.46. The molecule has 0 unspecified atom stereocenters. The molecule has 5 nitrogen and oxygen atoms in total. The molecule has 0 saturated carbocycles.